The Labute approximate surface area is 172 Å². The zero-order valence-electron chi connectivity index (χ0n) is 14.9. The summed E-state index contributed by atoms with van der Waals surface area (Å²) in [7, 11) is 0. The van der Waals surface area contributed by atoms with Gasteiger partial charge in [-0.2, -0.15) is 11.8 Å². The molecule has 1 unspecified atom stereocenters. The van der Waals surface area contributed by atoms with Crippen molar-refractivity contribution in [2.45, 2.75) is 16.6 Å². The van der Waals surface area contributed by atoms with E-state index in [0.29, 0.717) is 11.0 Å². The molecule has 3 aromatic rings. The van der Waals surface area contributed by atoms with Crippen LogP contribution in [0.4, 0.5) is 0 Å². The summed E-state index contributed by atoms with van der Waals surface area (Å²) in [4.78, 5) is 19.2. The Morgan fingerprint density at radius 3 is 2.89 bits per heavy atom. The number of nitrogens with one attached hydrogen (secondary N) is 1. The Hall–Kier alpha value is -1.56. The topological polar surface area (TPSA) is 36.1 Å². The van der Waals surface area contributed by atoms with E-state index >= 15 is 0 Å². The van der Waals surface area contributed by atoms with Gasteiger partial charge in [0.15, 0.2) is 0 Å². The molecule has 1 N–H and O–H groups in total. The maximum atomic E-state index is 12.8. The average Bonchev–Trinajstić information content (AvgIpc) is 2.94. The number of fused-ring (bicyclic) bond motifs is 1. The summed E-state index contributed by atoms with van der Waals surface area (Å²) in [6.07, 6.45) is 2.94. The third-order valence-corrected chi connectivity index (χ3v) is 7.54. The Bertz CT molecular complexity index is 943. The molecule has 0 aliphatic carbocycles. The fourth-order valence-corrected chi connectivity index (χ4v) is 5.94. The molecule has 0 spiro atoms. The van der Waals surface area contributed by atoms with Crippen LogP contribution in [0.25, 0.3) is 10.9 Å². The molecule has 4 rings (SSSR count). The number of aromatic nitrogens is 1. The second kappa shape index (κ2) is 8.63. The number of H-pyrrole nitrogens is 1. The molecule has 0 saturated carbocycles. The third-order valence-electron chi connectivity index (χ3n) is 4.85. The maximum Gasteiger partial charge on any atom is 0.232 e. The van der Waals surface area contributed by atoms with Gasteiger partial charge in [0, 0.05) is 51.1 Å². The van der Waals surface area contributed by atoms with Crippen LogP contribution in [0.5, 0.6) is 0 Å². The summed E-state index contributed by atoms with van der Waals surface area (Å²) in [5.74, 6) is 1.63. The van der Waals surface area contributed by atoms with Crippen LogP contribution < -0.4 is 0 Å². The number of hydrogen-bond donors (Lipinski definition) is 1. The van der Waals surface area contributed by atoms with Gasteiger partial charge in [-0.25, -0.2) is 0 Å². The number of amides is 1. The summed E-state index contributed by atoms with van der Waals surface area (Å²) in [6.45, 7) is 1.59. The molecule has 2 aromatic carbocycles. The van der Waals surface area contributed by atoms with Crippen molar-refractivity contribution < 1.29 is 4.79 Å². The average molecular weight is 417 g/mol. The van der Waals surface area contributed by atoms with Gasteiger partial charge in [-0.05, 0) is 24.1 Å². The van der Waals surface area contributed by atoms with Crippen LogP contribution in [0.1, 0.15) is 17.2 Å². The predicted octanol–water partition coefficient (Wildman–Crippen LogP) is 5.62. The molecule has 140 valence electrons. The Kier molecular flexibility index (Phi) is 6.01. The minimum absolute atomic E-state index is 0.214. The lowest BCUT2D eigenvalue weighted by molar-refractivity contribution is -0.128. The van der Waals surface area contributed by atoms with E-state index in [1.165, 1.54) is 10.9 Å². The first-order valence-corrected chi connectivity index (χ1v) is 11.5. The number of aromatic amines is 1. The van der Waals surface area contributed by atoms with Crippen LogP contribution in [-0.4, -0.2) is 40.4 Å². The normalized spacial score (nSPS) is 17.8. The third kappa shape index (κ3) is 4.31. The molecule has 1 saturated heterocycles. The summed E-state index contributed by atoms with van der Waals surface area (Å²) < 4.78 is 0. The van der Waals surface area contributed by atoms with Crippen molar-refractivity contribution in [3.8, 4) is 0 Å². The molecular weight excluding hydrogens is 396 g/mol. The van der Waals surface area contributed by atoms with E-state index in [4.69, 9.17) is 11.6 Å². The second-order valence-corrected chi connectivity index (χ2v) is 9.27. The molecule has 27 heavy (non-hydrogen) atoms. The van der Waals surface area contributed by atoms with E-state index in [9.17, 15) is 4.79 Å². The van der Waals surface area contributed by atoms with Gasteiger partial charge >= 0.3 is 0 Å². The van der Waals surface area contributed by atoms with Gasteiger partial charge in [-0.15, -0.1) is 11.8 Å². The minimum atomic E-state index is 0.214. The van der Waals surface area contributed by atoms with Crippen molar-refractivity contribution in [2.75, 3.05) is 24.6 Å². The number of thioether (sulfide) groups is 2. The highest BCUT2D eigenvalue weighted by atomic mass is 35.5. The highest BCUT2D eigenvalue weighted by Crippen LogP contribution is 2.38. The Morgan fingerprint density at radius 1 is 1.19 bits per heavy atom. The van der Waals surface area contributed by atoms with Crippen molar-refractivity contribution >= 4 is 51.9 Å². The maximum absolute atomic E-state index is 12.8. The lowest BCUT2D eigenvalue weighted by Crippen LogP contribution is -2.34. The number of halogens is 1. The first kappa shape index (κ1) is 18.8. The first-order valence-electron chi connectivity index (χ1n) is 9.05. The van der Waals surface area contributed by atoms with E-state index in [-0.39, 0.29) is 5.91 Å². The van der Waals surface area contributed by atoms with E-state index in [1.807, 2.05) is 53.2 Å². The monoisotopic (exact) mass is 416 g/mol. The summed E-state index contributed by atoms with van der Waals surface area (Å²) >= 11 is 9.88. The van der Waals surface area contributed by atoms with Gasteiger partial charge < -0.3 is 9.88 Å². The van der Waals surface area contributed by atoms with E-state index in [2.05, 4.69) is 23.2 Å². The molecule has 6 heteroatoms. The molecule has 1 fully saturated rings. The van der Waals surface area contributed by atoms with Crippen molar-refractivity contribution in [3.05, 3.63) is 65.3 Å². The standard InChI is InChI=1S/C21H21ClN2OS2/c22-17-7-3-1-5-15(17)19-9-10-24(11-12-26-19)21(25)14-27-20-13-23-18-8-4-2-6-16(18)20/h1-8,13,19,23H,9-12,14H2. The second-order valence-electron chi connectivity index (χ2n) is 6.54. The molecule has 1 amide bonds. The minimum Gasteiger partial charge on any atom is -0.360 e. The highest BCUT2D eigenvalue weighted by molar-refractivity contribution is 8.00. The van der Waals surface area contributed by atoms with Crippen LogP contribution >= 0.6 is 35.1 Å². The predicted molar refractivity (Wildman–Crippen MR) is 117 cm³/mol. The van der Waals surface area contributed by atoms with E-state index in [0.717, 1.165) is 40.7 Å². The number of hydrogen-bond acceptors (Lipinski definition) is 3. The summed E-state index contributed by atoms with van der Waals surface area (Å²) in [5.41, 5.74) is 2.30. The van der Waals surface area contributed by atoms with Gasteiger partial charge in [0.25, 0.3) is 0 Å². The largest absolute Gasteiger partial charge is 0.360 e. The Morgan fingerprint density at radius 2 is 2.00 bits per heavy atom. The quantitative estimate of drug-likeness (QED) is 0.560. The number of benzene rings is 2. The zero-order chi connectivity index (χ0) is 18.6. The SMILES string of the molecule is O=C(CSc1c[nH]c2ccccc12)N1CCSC(c2ccccc2Cl)CC1. The fourth-order valence-electron chi connectivity index (χ4n) is 3.40. The van der Waals surface area contributed by atoms with Crippen molar-refractivity contribution in [1.29, 1.82) is 0 Å². The molecule has 0 radical (unpaired) electrons. The van der Waals surface area contributed by atoms with Crippen molar-refractivity contribution in [1.82, 2.24) is 9.88 Å². The van der Waals surface area contributed by atoms with Crippen molar-refractivity contribution in [2.24, 2.45) is 0 Å². The van der Waals surface area contributed by atoms with Crippen molar-refractivity contribution in [3.63, 3.8) is 0 Å². The molecular formula is C21H21ClN2OS2. The lowest BCUT2D eigenvalue weighted by atomic mass is 10.1. The van der Waals surface area contributed by atoms with Crippen LogP contribution in [0.15, 0.2) is 59.6 Å². The fraction of sp³-hybridized carbons (Fsp3) is 0.286. The van der Waals surface area contributed by atoms with Gasteiger partial charge in [0.1, 0.15) is 0 Å². The van der Waals surface area contributed by atoms with Gasteiger partial charge in [0.2, 0.25) is 5.91 Å². The summed E-state index contributed by atoms with van der Waals surface area (Å²) in [6, 6.07) is 16.2. The molecule has 1 aliphatic rings. The smallest absolute Gasteiger partial charge is 0.232 e. The number of carbonyl (C=O) groups is 1. The van der Waals surface area contributed by atoms with Crippen LogP contribution in [0.2, 0.25) is 5.02 Å². The van der Waals surface area contributed by atoms with Gasteiger partial charge in [-0.1, -0.05) is 48.0 Å². The molecule has 1 atom stereocenters. The van der Waals surface area contributed by atoms with Crippen LogP contribution in [0.3, 0.4) is 0 Å². The number of para-hydroxylation sites is 1. The number of rotatable bonds is 4. The highest BCUT2D eigenvalue weighted by Gasteiger charge is 2.23. The number of nitrogens with zero attached hydrogens (tertiary/aromatic N) is 1. The zero-order valence-corrected chi connectivity index (χ0v) is 17.2. The van der Waals surface area contributed by atoms with Gasteiger partial charge in [0.05, 0.1) is 5.75 Å². The molecule has 3 nitrogen and oxygen atoms in total. The molecule has 1 aliphatic heterocycles. The summed E-state index contributed by atoms with van der Waals surface area (Å²) in [5, 5.41) is 2.36. The van der Waals surface area contributed by atoms with E-state index < -0.39 is 0 Å². The number of carbonyl (C=O) groups excluding carboxylic acids is 1. The molecule has 0 bridgehead atoms. The molecule has 2 heterocycles. The molecule has 1 aromatic heterocycles. The van der Waals surface area contributed by atoms with Crippen LogP contribution in [0, 0.1) is 0 Å². The van der Waals surface area contributed by atoms with Crippen LogP contribution in [-0.2, 0) is 4.79 Å². The first-order chi connectivity index (χ1) is 13.2. The Balaban J connectivity index is 1.36. The van der Waals surface area contributed by atoms with Gasteiger partial charge in [-0.3, -0.25) is 4.79 Å². The lowest BCUT2D eigenvalue weighted by Gasteiger charge is -2.20. The van der Waals surface area contributed by atoms with E-state index in [1.54, 1.807) is 11.8 Å².